The minimum absolute atomic E-state index is 0.0390. The van der Waals surface area contributed by atoms with E-state index in [0.29, 0.717) is 94.2 Å². The van der Waals surface area contributed by atoms with Gasteiger partial charge in [-0.1, -0.05) is 30.3 Å². The average molecular weight is 919 g/mol. The van der Waals surface area contributed by atoms with E-state index in [2.05, 4.69) is 20.6 Å². The molecular formula is C48H54N8O11. The van der Waals surface area contributed by atoms with Crippen molar-refractivity contribution < 1.29 is 52.4 Å². The summed E-state index contributed by atoms with van der Waals surface area (Å²) in [5.41, 5.74) is 7.70. The molecule has 67 heavy (non-hydrogen) atoms. The number of piperidine rings is 2. The molecule has 7 rings (SSSR count). The van der Waals surface area contributed by atoms with Crippen LogP contribution in [0.3, 0.4) is 0 Å². The van der Waals surface area contributed by atoms with Crippen molar-refractivity contribution in [2.45, 2.75) is 44.2 Å². The molecule has 2 unspecified atom stereocenters. The largest absolute Gasteiger partial charge is 0.490 e. The number of nitrogens with one attached hydrogen (secondary N) is 3. The molecule has 0 bridgehead atoms. The lowest BCUT2D eigenvalue weighted by Gasteiger charge is -2.33. The van der Waals surface area contributed by atoms with E-state index in [1.54, 1.807) is 53.5 Å². The van der Waals surface area contributed by atoms with Crippen molar-refractivity contribution in [3.8, 4) is 17.2 Å². The van der Waals surface area contributed by atoms with Gasteiger partial charge < -0.3 is 44.4 Å². The number of para-hydroxylation sites is 1. The van der Waals surface area contributed by atoms with Crippen LogP contribution in [-0.4, -0.2) is 140 Å². The van der Waals surface area contributed by atoms with Crippen LogP contribution in [0, 0.1) is 5.41 Å². The molecule has 2 fully saturated rings. The van der Waals surface area contributed by atoms with Crippen molar-refractivity contribution in [3.63, 3.8) is 0 Å². The number of likely N-dealkylation sites (tertiary alicyclic amines) is 1. The van der Waals surface area contributed by atoms with Gasteiger partial charge in [0.2, 0.25) is 17.7 Å². The van der Waals surface area contributed by atoms with Gasteiger partial charge in [0.1, 0.15) is 47.9 Å². The standard InChI is InChI=1S/C48H54N8O11/c49-43(32-14-16-35(17-15-32)67-34-9-2-1-3-10-34)42-44(50)51-31-52-45(42)53-33-8-7-20-55(30-33)40(58)13-4-5-21-62-22-23-63-24-25-64-26-27-65-28-29-66-38-12-6-11-36-41(38)48(61)56(47(36)60)37-18-19-39(57)54-46(37)59/h1-4,6,9-17,31,33,37,49H,5,7-8,18-30H2,(H,54,57,59)(H3,50,51,52,53)/b13-4+,49-43?. The normalized spacial score (nSPS) is 17.1. The second-order valence-electron chi connectivity index (χ2n) is 15.7. The van der Waals surface area contributed by atoms with Gasteiger partial charge in [-0.25, -0.2) is 9.97 Å². The molecule has 2 atom stereocenters. The zero-order chi connectivity index (χ0) is 47.0. The Hall–Kier alpha value is -7.06. The second-order valence-corrected chi connectivity index (χ2v) is 15.7. The monoisotopic (exact) mass is 918 g/mol. The summed E-state index contributed by atoms with van der Waals surface area (Å²) in [5.74, 6) is -0.241. The highest BCUT2D eigenvalue weighted by Crippen LogP contribution is 2.34. The number of rotatable bonds is 24. The lowest BCUT2D eigenvalue weighted by atomic mass is 10.0. The topological polar surface area (TPSA) is 247 Å². The van der Waals surface area contributed by atoms with E-state index in [1.165, 1.54) is 12.4 Å². The van der Waals surface area contributed by atoms with E-state index in [4.69, 9.17) is 39.6 Å². The van der Waals surface area contributed by atoms with Crippen LogP contribution in [0.15, 0.2) is 91.3 Å². The third kappa shape index (κ3) is 12.9. The smallest absolute Gasteiger partial charge is 0.266 e. The van der Waals surface area contributed by atoms with Crippen molar-refractivity contribution >= 4 is 46.9 Å². The predicted octanol–water partition coefficient (Wildman–Crippen LogP) is 4.16. The molecule has 3 aliphatic rings. The van der Waals surface area contributed by atoms with Crippen LogP contribution < -0.4 is 25.8 Å². The summed E-state index contributed by atoms with van der Waals surface area (Å²) in [6, 6.07) is 20.2. The van der Waals surface area contributed by atoms with Crippen LogP contribution in [0.5, 0.6) is 17.2 Å². The Labute approximate surface area is 387 Å². The van der Waals surface area contributed by atoms with Crippen LogP contribution in [0.25, 0.3) is 0 Å². The number of benzene rings is 3. The van der Waals surface area contributed by atoms with Crippen LogP contribution >= 0.6 is 0 Å². The molecule has 352 valence electrons. The van der Waals surface area contributed by atoms with Crippen molar-refractivity contribution in [3.05, 3.63) is 114 Å². The van der Waals surface area contributed by atoms with E-state index < -0.39 is 29.7 Å². The quantitative estimate of drug-likeness (QED) is 0.0334. The van der Waals surface area contributed by atoms with Gasteiger partial charge >= 0.3 is 0 Å². The first kappa shape index (κ1) is 47.9. The fourth-order valence-electron chi connectivity index (χ4n) is 7.72. The Kier molecular flexibility index (Phi) is 17.1. The molecule has 2 saturated heterocycles. The van der Waals surface area contributed by atoms with Crippen molar-refractivity contribution in [2.24, 2.45) is 0 Å². The molecule has 3 aromatic carbocycles. The van der Waals surface area contributed by atoms with Crippen LogP contribution in [0.4, 0.5) is 11.6 Å². The molecule has 0 saturated carbocycles. The molecular weight excluding hydrogens is 865 g/mol. The average Bonchev–Trinajstić information content (AvgIpc) is 3.59. The van der Waals surface area contributed by atoms with Crippen LogP contribution in [0.1, 0.15) is 63.9 Å². The number of hydrogen-bond acceptors (Lipinski definition) is 16. The molecule has 3 aliphatic heterocycles. The summed E-state index contributed by atoms with van der Waals surface area (Å²) in [6.07, 6.45) is 7.04. The maximum Gasteiger partial charge on any atom is 0.266 e. The van der Waals surface area contributed by atoms with Gasteiger partial charge in [0.25, 0.3) is 11.8 Å². The maximum absolute atomic E-state index is 13.2. The highest BCUT2D eigenvalue weighted by atomic mass is 16.6. The molecule has 5 N–H and O–H groups in total. The number of imide groups is 2. The number of aromatic nitrogens is 2. The van der Waals surface area contributed by atoms with Gasteiger partial charge in [-0.3, -0.25) is 39.6 Å². The second kappa shape index (κ2) is 23.9. The minimum Gasteiger partial charge on any atom is -0.490 e. The summed E-state index contributed by atoms with van der Waals surface area (Å²) in [4.78, 5) is 74.4. The first-order chi connectivity index (χ1) is 32.7. The number of fused-ring (bicyclic) bond motifs is 1. The molecule has 4 heterocycles. The first-order valence-corrected chi connectivity index (χ1v) is 22.2. The number of hydrogen-bond donors (Lipinski definition) is 4. The summed E-state index contributed by atoms with van der Waals surface area (Å²) in [7, 11) is 0. The van der Waals surface area contributed by atoms with Gasteiger partial charge in [-0.2, -0.15) is 0 Å². The van der Waals surface area contributed by atoms with E-state index in [0.717, 1.165) is 17.7 Å². The van der Waals surface area contributed by atoms with Gasteiger partial charge in [-0.15, -0.1) is 0 Å². The number of nitrogens with zero attached hydrogens (tertiary/aromatic N) is 4. The van der Waals surface area contributed by atoms with Crippen molar-refractivity contribution in [1.29, 1.82) is 5.41 Å². The van der Waals surface area contributed by atoms with Crippen molar-refractivity contribution in [2.75, 3.05) is 83.6 Å². The van der Waals surface area contributed by atoms with E-state index in [-0.39, 0.29) is 66.4 Å². The minimum atomic E-state index is -1.05. The Morgan fingerprint density at radius 1 is 0.806 bits per heavy atom. The molecule has 0 aliphatic carbocycles. The van der Waals surface area contributed by atoms with Gasteiger partial charge in [0.05, 0.1) is 75.3 Å². The zero-order valence-electron chi connectivity index (χ0n) is 37.0. The number of ether oxygens (including phenoxy) is 6. The van der Waals surface area contributed by atoms with Crippen molar-refractivity contribution in [1.82, 2.24) is 25.1 Å². The fourth-order valence-corrected chi connectivity index (χ4v) is 7.72. The molecule has 0 spiro atoms. The Morgan fingerprint density at radius 2 is 1.49 bits per heavy atom. The van der Waals surface area contributed by atoms with E-state index in [9.17, 15) is 24.0 Å². The van der Waals surface area contributed by atoms with Crippen LogP contribution in [0.2, 0.25) is 0 Å². The van der Waals surface area contributed by atoms with Gasteiger partial charge in [0.15, 0.2) is 0 Å². The first-order valence-electron chi connectivity index (χ1n) is 22.2. The number of nitrogens with two attached hydrogens (primary N) is 1. The third-order valence-electron chi connectivity index (χ3n) is 11.0. The molecule has 5 amide bonds. The molecule has 19 heteroatoms. The number of nitrogen functional groups attached to an aromatic ring is 1. The fraction of sp³-hybridized carbons (Fsp3) is 0.375. The molecule has 1 aromatic heterocycles. The molecule has 19 nitrogen and oxygen atoms in total. The SMILES string of the molecule is N=C(c1ccc(Oc2ccccc2)cc1)c1c(N)ncnc1NC1CCCN(C(=O)/C=C/CCOCCOCCOCCOCCOc2cccc3c2C(=O)N(C2CCC(=O)NC2=O)C3=O)C1. The lowest BCUT2D eigenvalue weighted by molar-refractivity contribution is -0.136. The summed E-state index contributed by atoms with van der Waals surface area (Å²) < 4.78 is 34.0. The maximum atomic E-state index is 13.2. The van der Waals surface area contributed by atoms with Gasteiger partial charge in [-0.05, 0) is 80.3 Å². The number of carbonyl (C=O) groups is 5. The number of amides is 5. The van der Waals surface area contributed by atoms with E-state index >= 15 is 0 Å². The summed E-state index contributed by atoms with van der Waals surface area (Å²) >= 11 is 0. The zero-order valence-corrected chi connectivity index (χ0v) is 37.0. The lowest BCUT2D eigenvalue weighted by Crippen LogP contribution is -2.54. The number of carbonyl (C=O) groups excluding carboxylic acids is 5. The van der Waals surface area contributed by atoms with Crippen LogP contribution in [-0.2, 0) is 33.3 Å². The third-order valence-corrected chi connectivity index (χ3v) is 11.0. The summed E-state index contributed by atoms with van der Waals surface area (Å²) in [5, 5.41) is 14.6. The Balaban J connectivity index is 0.712. The molecule has 0 radical (unpaired) electrons. The van der Waals surface area contributed by atoms with Gasteiger partial charge in [0, 0.05) is 31.1 Å². The highest BCUT2D eigenvalue weighted by Gasteiger charge is 2.46. The predicted molar refractivity (Wildman–Crippen MR) is 244 cm³/mol. The summed E-state index contributed by atoms with van der Waals surface area (Å²) in [6.45, 7) is 4.02. The van der Waals surface area contributed by atoms with E-state index in [1.807, 2.05) is 30.3 Å². The highest BCUT2D eigenvalue weighted by molar-refractivity contribution is 6.24. The number of anilines is 2. The Bertz CT molecular complexity index is 2420. The molecule has 4 aromatic rings. The Morgan fingerprint density at radius 3 is 2.21 bits per heavy atom.